The Balaban J connectivity index is 2.55. The summed E-state index contributed by atoms with van der Waals surface area (Å²) in [4.78, 5) is 16.5. The van der Waals surface area contributed by atoms with Gasteiger partial charge in [0.05, 0.1) is 12.0 Å². The highest BCUT2D eigenvalue weighted by Crippen LogP contribution is 2.47. The molecule has 0 aromatic carbocycles. The molecular formula is C14H18F3NO2S. The molecule has 1 aromatic heterocycles. The van der Waals surface area contributed by atoms with Crippen molar-refractivity contribution in [3.63, 3.8) is 0 Å². The third kappa shape index (κ3) is 3.08. The van der Waals surface area contributed by atoms with E-state index in [9.17, 15) is 18.0 Å². The fourth-order valence-electron chi connectivity index (χ4n) is 2.61. The van der Waals surface area contributed by atoms with E-state index in [1.54, 1.807) is 0 Å². The van der Waals surface area contributed by atoms with Crippen LogP contribution in [0.4, 0.5) is 13.2 Å². The first-order chi connectivity index (χ1) is 9.57. The Morgan fingerprint density at radius 2 is 1.95 bits per heavy atom. The molecule has 1 heterocycles. The molecule has 0 atom stereocenters. The van der Waals surface area contributed by atoms with Gasteiger partial charge in [-0.15, -0.1) is 11.3 Å². The summed E-state index contributed by atoms with van der Waals surface area (Å²) in [5.74, 6) is -0.519. The first kappa shape index (κ1) is 16.3. The standard InChI is InChI=1S/C14H18F3NO2S/c1-13(2)6-5-8-9(7-13)11(14(15,16)17)21-10(8)12(19)18(3)20-4/h5-7H2,1-4H3. The number of fused-ring (bicyclic) bond motifs is 1. The van der Waals surface area contributed by atoms with Crippen LogP contribution in [-0.4, -0.2) is 25.1 Å². The third-order valence-corrected chi connectivity index (χ3v) is 5.14. The van der Waals surface area contributed by atoms with Gasteiger partial charge < -0.3 is 0 Å². The van der Waals surface area contributed by atoms with Crippen LogP contribution in [0.1, 0.15) is 45.9 Å². The van der Waals surface area contributed by atoms with E-state index in [0.29, 0.717) is 29.7 Å². The largest absolute Gasteiger partial charge is 0.425 e. The molecular weight excluding hydrogens is 303 g/mol. The molecule has 1 amide bonds. The molecule has 21 heavy (non-hydrogen) atoms. The predicted molar refractivity (Wildman–Crippen MR) is 74.2 cm³/mol. The summed E-state index contributed by atoms with van der Waals surface area (Å²) < 4.78 is 39.7. The Kier molecular flexibility index (Phi) is 4.10. The van der Waals surface area contributed by atoms with E-state index in [2.05, 4.69) is 0 Å². The summed E-state index contributed by atoms with van der Waals surface area (Å²) in [7, 11) is 2.71. The average molecular weight is 321 g/mol. The molecule has 2 rings (SSSR count). The van der Waals surface area contributed by atoms with Gasteiger partial charge in [0, 0.05) is 7.05 Å². The number of carbonyl (C=O) groups excluding carboxylic acids is 1. The monoisotopic (exact) mass is 321 g/mol. The molecule has 7 heteroatoms. The summed E-state index contributed by atoms with van der Waals surface area (Å²) in [6, 6.07) is 0. The van der Waals surface area contributed by atoms with Gasteiger partial charge in [0.2, 0.25) is 0 Å². The number of hydroxylamine groups is 2. The molecule has 0 bridgehead atoms. The lowest BCUT2D eigenvalue weighted by Gasteiger charge is -2.31. The SMILES string of the molecule is CON(C)C(=O)c1sc(C(F)(F)F)c2c1CCC(C)(C)C2. The van der Waals surface area contributed by atoms with Crippen LogP contribution in [0.15, 0.2) is 0 Å². The smallest absolute Gasteiger partial charge is 0.274 e. The number of alkyl halides is 3. The van der Waals surface area contributed by atoms with E-state index in [0.717, 1.165) is 11.5 Å². The average Bonchev–Trinajstić information content (AvgIpc) is 2.73. The second kappa shape index (κ2) is 5.28. The van der Waals surface area contributed by atoms with Crippen LogP contribution in [-0.2, 0) is 23.9 Å². The lowest BCUT2D eigenvalue weighted by Crippen LogP contribution is -2.27. The molecule has 0 unspecified atom stereocenters. The van der Waals surface area contributed by atoms with E-state index < -0.39 is 17.0 Å². The van der Waals surface area contributed by atoms with Gasteiger partial charge in [-0.05, 0) is 35.8 Å². The Morgan fingerprint density at radius 1 is 1.33 bits per heavy atom. The van der Waals surface area contributed by atoms with Crippen molar-refractivity contribution in [3.05, 3.63) is 20.9 Å². The number of carbonyl (C=O) groups is 1. The van der Waals surface area contributed by atoms with Crippen LogP contribution in [0.2, 0.25) is 0 Å². The molecule has 118 valence electrons. The third-order valence-electron chi connectivity index (χ3n) is 3.84. The van der Waals surface area contributed by atoms with Crippen molar-refractivity contribution in [1.29, 1.82) is 0 Å². The van der Waals surface area contributed by atoms with Gasteiger partial charge in [-0.25, -0.2) is 5.06 Å². The van der Waals surface area contributed by atoms with Crippen LogP contribution in [0.25, 0.3) is 0 Å². The molecule has 1 aliphatic carbocycles. The zero-order valence-corrected chi connectivity index (χ0v) is 13.2. The van der Waals surface area contributed by atoms with Gasteiger partial charge in [-0.2, -0.15) is 13.2 Å². The Morgan fingerprint density at radius 3 is 2.48 bits per heavy atom. The first-order valence-corrected chi connectivity index (χ1v) is 7.42. The maximum Gasteiger partial charge on any atom is 0.425 e. The van der Waals surface area contributed by atoms with Crippen LogP contribution in [0.5, 0.6) is 0 Å². The Bertz CT molecular complexity index is 563. The van der Waals surface area contributed by atoms with Crippen LogP contribution < -0.4 is 0 Å². The molecule has 0 saturated heterocycles. The lowest BCUT2D eigenvalue weighted by molar-refractivity contribution is -0.135. The summed E-state index contributed by atoms with van der Waals surface area (Å²) in [6.45, 7) is 3.91. The minimum Gasteiger partial charge on any atom is -0.274 e. The predicted octanol–water partition coefficient (Wildman–Crippen LogP) is 3.92. The summed E-state index contributed by atoms with van der Waals surface area (Å²) in [5.41, 5.74) is 0.652. The number of amides is 1. The maximum atomic E-state index is 13.2. The topological polar surface area (TPSA) is 29.5 Å². The van der Waals surface area contributed by atoms with Gasteiger partial charge in [0.15, 0.2) is 0 Å². The highest BCUT2D eigenvalue weighted by Gasteiger charge is 2.42. The highest BCUT2D eigenvalue weighted by molar-refractivity contribution is 7.14. The first-order valence-electron chi connectivity index (χ1n) is 6.61. The lowest BCUT2D eigenvalue weighted by atomic mass is 9.74. The molecule has 0 radical (unpaired) electrons. The van der Waals surface area contributed by atoms with E-state index in [1.807, 2.05) is 13.8 Å². The normalized spacial score (nSPS) is 17.5. The maximum absolute atomic E-state index is 13.2. The van der Waals surface area contributed by atoms with Crippen LogP contribution in [0.3, 0.4) is 0 Å². The van der Waals surface area contributed by atoms with Crippen molar-refractivity contribution < 1.29 is 22.8 Å². The number of thiophene rings is 1. The number of hydrogen-bond donors (Lipinski definition) is 0. The summed E-state index contributed by atoms with van der Waals surface area (Å²) in [6.07, 6.45) is -2.82. The van der Waals surface area contributed by atoms with Gasteiger partial charge in [0.1, 0.15) is 4.88 Å². The van der Waals surface area contributed by atoms with Gasteiger partial charge >= 0.3 is 6.18 Å². The fraction of sp³-hybridized carbons (Fsp3) is 0.643. The minimum atomic E-state index is -4.42. The summed E-state index contributed by atoms with van der Waals surface area (Å²) >= 11 is 0.539. The molecule has 0 aliphatic heterocycles. The quantitative estimate of drug-likeness (QED) is 0.773. The molecule has 0 spiro atoms. The van der Waals surface area contributed by atoms with Gasteiger partial charge in [0.25, 0.3) is 5.91 Å². The van der Waals surface area contributed by atoms with Crippen molar-refractivity contribution in [1.82, 2.24) is 5.06 Å². The zero-order valence-electron chi connectivity index (χ0n) is 12.4. The summed E-state index contributed by atoms with van der Waals surface area (Å²) in [5, 5.41) is 0.964. The van der Waals surface area contributed by atoms with E-state index in [1.165, 1.54) is 14.2 Å². The van der Waals surface area contributed by atoms with Crippen LogP contribution in [0, 0.1) is 5.41 Å². The van der Waals surface area contributed by atoms with Crippen molar-refractivity contribution in [2.24, 2.45) is 5.41 Å². The highest BCUT2D eigenvalue weighted by atomic mass is 32.1. The number of rotatable bonds is 2. The second-order valence-electron chi connectivity index (χ2n) is 6.04. The number of halogens is 3. The van der Waals surface area contributed by atoms with Crippen molar-refractivity contribution in [2.45, 2.75) is 39.3 Å². The molecule has 1 aliphatic rings. The van der Waals surface area contributed by atoms with E-state index in [-0.39, 0.29) is 15.9 Å². The fourth-order valence-corrected chi connectivity index (χ4v) is 3.81. The van der Waals surface area contributed by atoms with Gasteiger partial charge in [-0.3, -0.25) is 9.63 Å². The van der Waals surface area contributed by atoms with E-state index in [4.69, 9.17) is 4.84 Å². The Labute approximate surface area is 125 Å². The van der Waals surface area contributed by atoms with Crippen molar-refractivity contribution >= 4 is 17.2 Å². The minimum absolute atomic E-state index is 0.150. The van der Waals surface area contributed by atoms with Crippen molar-refractivity contribution in [3.8, 4) is 0 Å². The molecule has 0 fully saturated rings. The van der Waals surface area contributed by atoms with E-state index >= 15 is 0 Å². The molecule has 1 aromatic rings. The van der Waals surface area contributed by atoms with Gasteiger partial charge in [-0.1, -0.05) is 13.8 Å². The molecule has 0 N–H and O–H groups in total. The Hall–Kier alpha value is -1.08. The number of nitrogens with zero attached hydrogens (tertiary/aromatic N) is 1. The molecule has 3 nitrogen and oxygen atoms in total. The number of hydrogen-bond acceptors (Lipinski definition) is 3. The zero-order chi connectivity index (χ0) is 16.0. The van der Waals surface area contributed by atoms with Crippen molar-refractivity contribution in [2.75, 3.05) is 14.2 Å². The van der Waals surface area contributed by atoms with Crippen LogP contribution >= 0.6 is 11.3 Å². The second-order valence-corrected chi connectivity index (χ2v) is 7.06. The molecule has 0 saturated carbocycles.